The highest BCUT2D eigenvalue weighted by atomic mass is 32.1. The number of hydrogen-bond acceptors (Lipinski definition) is 4. The summed E-state index contributed by atoms with van der Waals surface area (Å²) >= 11 is 1.65. The molecule has 1 N–H and O–H groups in total. The Kier molecular flexibility index (Phi) is 3.82. The smallest absolute Gasteiger partial charge is 0.196 e. The molecule has 3 heterocycles. The van der Waals surface area contributed by atoms with Crippen molar-refractivity contribution in [3.63, 3.8) is 0 Å². The third-order valence-electron chi connectivity index (χ3n) is 3.44. The fraction of sp³-hybridized carbons (Fsp3) is 0.467. The monoisotopic (exact) mass is 303 g/mol. The van der Waals surface area contributed by atoms with Gasteiger partial charge in [0.2, 0.25) is 0 Å². The summed E-state index contributed by atoms with van der Waals surface area (Å²) in [6.07, 6.45) is 4.07. The van der Waals surface area contributed by atoms with Gasteiger partial charge in [-0.05, 0) is 12.0 Å². The highest BCUT2D eigenvalue weighted by Crippen LogP contribution is 2.21. The molecule has 3 aromatic heterocycles. The van der Waals surface area contributed by atoms with E-state index in [9.17, 15) is 0 Å². The highest BCUT2D eigenvalue weighted by molar-refractivity contribution is 7.15. The van der Waals surface area contributed by atoms with Crippen LogP contribution in [0.5, 0.6) is 0 Å². The third kappa shape index (κ3) is 2.73. The number of thiazole rings is 1. The molecule has 112 valence electrons. The Morgan fingerprint density at radius 3 is 2.71 bits per heavy atom. The zero-order valence-electron chi connectivity index (χ0n) is 12.9. The summed E-state index contributed by atoms with van der Waals surface area (Å²) in [5, 5.41) is 10.2. The lowest BCUT2D eigenvalue weighted by molar-refractivity contribution is 0.576. The SMILES string of the molecule is CC(C)NCc1c(-n2ccc(C(C)C)n2)nc2sccn12. The van der Waals surface area contributed by atoms with Crippen molar-refractivity contribution in [3.05, 3.63) is 35.2 Å². The van der Waals surface area contributed by atoms with Gasteiger partial charge in [-0.15, -0.1) is 11.3 Å². The van der Waals surface area contributed by atoms with Crippen molar-refractivity contribution in [2.45, 2.75) is 46.2 Å². The van der Waals surface area contributed by atoms with Gasteiger partial charge in [-0.2, -0.15) is 10.1 Å². The average Bonchev–Trinajstić information content (AvgIpc) is 3.11. The van der Waals surface area contributed by atoms with Crippen LogP contribution in [0.3, 0.4) is 0 Å². The fourth-order valence-electron chi connectivity index (χ4n) is 2.23. The van der Waals surface area contributed by atoms with Crippen LogP contribution in [0.15, 0.2) is 23.8 Å². The van der Waals surface area contributed by atoms with Crippen LogP contribution >= 0.6 is 11.3 Å². The number of nitrogens with one attached hydrogen (secondary N) is 1. The van der Waals surface area contributed by atoms with Crippen LogP contribution in [-0.4, -0.2) is 25.2 Å². The zero-order chi connectivity index (χ0) is 15.0. The molecule has 0 fully saturated rings. The minimum absolute atomic E-state index is 0.423. The Balaban J connectivity index is 2.03. The molecule has 0 aliphatic rings. The molecule has 6 heteroatoms. The Morgan fingerprint density at radius 1 is 1.24 bits per heavy atom. The van der Waals surface area contributed by atoms with Crippen LogP contribution in [0, 0.1) is 0 Å². The molecule has 0 aliphatic carbocycles. The molecule has 0 spiro atoms. The lowest BCUT2D eigenvalue weighted by Crippen LogP contribution is -2.23. The minimum Gasteiger partial charge on any atom is -0.309 e. The lowest BCUT2D eigenvalue weighted by atomic mass is 10.1. The Bertz CT molecular complexity index is 734. The van der Waals surface area contributed by atoms with Gasteiger partial charge in [0.25, 0.3) is 0 Å². The maximum atomic E-state index is 4.74. The molecular formula is C15H21N5S. The van der Waals surface area contributed by atoms with Gasteiger partial charge in [0, 0.05) is 30.4 Å². The first-order valence-corrected chi connectivity index (χ1v) is 8.18. The van der Waals surface area contributed by atoms with Gasteiger partial charge in [-0.25, -0.2) is 4.68 Å². The van der Waals surface area contributed by atoms with Crippen molar-refractivity contribution in [1.82, 2.24) is 24.5 Å². The second kappa shape index (κ2) is 5.61. The van der Waals surface area contributed by atoms with E-state index in [0.29, 0.717) is 12.0 Å². The molecule has 3 aromatic rings. The normalized spacial score (nSPS) is 12.1. The first kappa shape index (κ1) is 14.3. The highest BCUT2D eigenvalue weighted by Gasteiger charge is 2.16. The first-order valence-electron chi connectivity index (χ1n) is 7.30. The van der Waals surface area contributed by atoms with Gasteiger partial charge in [0.1, 0.15) is 0 Å². The molecule has 0 amide bonds. The Morgan fingerprint density at radius 2 is 2.05 bits per heavy atom. The molecule has 3 rings (SSSR count). The van der Waals surface area contributed by atoms with E-state index < -0.39 is 0 Å². The predicted octanol–water partition coefficient (Wildman–Crippen LogP) is 3.20. The maximum absolute atomic E-state index is 4.74. The molecule has 0 saturated carbocycles. The summed E-state index contributed by atoms with van der Waals surface area (Å²) in [5.74, 6) is 1.34. The second-order valence-corrected chi connectivity index (χ2v) is 6.69. The summed E-state index contributed by atoms with van der Waals surface area (Å²) in [5.41, 5.74) is 2.24. The number of fused-ring (bicyclic) bond motifs is 1. The summed E-state index contributed by atoms with van der Waals surface area (Å²) in [4.78, 5) is 5.74. The molecule has 5 nitrogen and oxygen atoms in total. The quantitative estimate of drug-likeness (QED) is 0.787. The zero-order valence-corrected chi connectivity index (χ0v) is 13.7. The summed E-state index contributed by atoms with van der Waals surface area (Å²) in [6.45, 7) is 9.38. The second-order valence-electron chi connectivity index (χ2n) is 5.81. The lowest BCUT2D eigenvalue weighted by Gasteiger charge is -2.09. The van der Waals surface area contributed by atoms with Crippen LogP contribution in [-0.2, 0) is 6.54 Å². The molecule has 0 radical (unpaired) electrons. The summed E-state index contributed by atoms with van der Waals surface area (Å²) in [6, 6.07) is 2.50. The molecule has 21 heavy (non-hydrogen) atoms. The van der Waals surface area contributed by atoms with Gasteiger partial charge in [-0.3, -0.25) is 4.40 Å². The van der Waals surface area contributed by atoms with Crippen molar-refractivity contribution in [2.75, 3.05) is 0 Å². The van der Waals surface area contributed by atoms with Crippen molar-refractivity contribution >= 4 is 16.3 Å². The van der Waals surface area contributed by atoms with E-state index in [4.69, 9.17) is 4.98 Å². The summed E-state index contributed by atoms with van der Waals surface area (Å²) in [7, 11) is 0. The number of aromatic nitrogens is 4. The van der Waals surface area contributed by atoms with E-state index in [-0.39, 0.29) is 0 Å². The fourth-order valence-corrected chi connectivity index (χ4v) is 2.96. The van der Waals surface area contributed by atoms with E-state index in [0.717, 1.165) is 28.7 Å². The molecule has 0 atom stereocenters. The number of nitrogens with zero attached hydrogens (tertiary/aromatic N) is 4. The van der Waals surface area contributed by atoms with Gasteiger partial charge in [0.05, 0.1) is 11.4 Å². The molecule has 0 unspecified atom stereocenters. The van der Waals surface area contributed by atoms with Gasteiger partial charge in [0.15, 0.2) is 10.8 Å². The number of imidazole rings is 1. The minimum atomic E-state index is 0.423. The van der Waals surface area contributed by atoms with E-state index in [1.165, 1.54) is 0 Å². The maximum Gasteiger partial charge on any atom is 0.196 e. The van der Waals surface area contributed by atoms with Crippen LogP contribution in [0.25, 0.3) is 10.8 Å². The number of hydrogen-bond donors (Lipinski definition) is 1. The van der Waals surface area contributed by atoms with Crippen molar-refractivity contribution in [1.29, 1.82) is 0 Å². The van der Waals surface area contributed by atoms with E-state index in [1.807, 2.05) is 10.9 Å². The van der Waals surface area contributed by atoms with Crippen LogP contribution in [0.1, 0.15) is 45.0 Å². The van der Waals surface area contributed by atoms with Crippen molar-refractivity contribution in [3.8, 4) is 5.82 Å². The molecule has 0 bridgehead atoms. The number of rotatable bonds is 5. The first-order chi connectivity index (χ1) is 10.1. The van der Waals surface area contributed by atoms with E-state index in [1.54, 1.807) is 11.3 Å². The van der Waals surface area contributed by atoms with Gasteiger partial charge in [-0.1, -0.05) is 27.7 Å². The van der Waals surface area contributed by atoms with Crippen molar-refractivity contribution in [2.24, 2.45) is 0 Å². The molecule has 0 aromatic carbocycles. The molecule has 0 saturated heterocycles. The van der Waals surface area contributed by atoms with Crippen molar-refractivity contribution < 1.29 is 0 Å². The largest absolute Gasteiger partial charge is 0.309 e. The van der Waals surface area contributed by atoms with Crippen LogP contribution in [0.2, 0.25) is 0 Å². The van der Waals surface area contributed by atoms with Gasteiger partial charge >= 0.3 is 0 Å². The Labute approximate surface area is 128 Å². The topological polar surface area (TPSA) is 47.2 Å². The molecular weight excluding hydrogens is 282 g/mol. The van der Waals surface area contributed by atoms with Gasteiger partial charge < -0.3 is 5.32 Å². The van der Waals surface area contributed by atoms with Crippen LogP contribution in [0.4, 0.5) is 0 Å². The predicted molar refractivity (Wildman–Crippen MR) is 86.3 cm³/mol. The Hall–Kier alpha value is -1.66. The molecule has 0 aliphatic heterocycles. The average molecular weight is 303 g/mol. The standard InChI is InChI=1S/C15H21N5S/c1-10(2)12-5-6-20(18-12)14-13(9-16-11(3)4)19-7-8-21-15(19)17-14/h5-8,10-11,16H,9H2,1-4H3. The van der Waals surface area contributed by atoms with E-state index >= 15 is 0 Å². The van der Waals surface area contributed by atoms with Crippen LogP contribution < -0.4 is 5.32 Å². The third-order valence-corrected chi connectivity index (χ3v) is 4.19. The summed E-state index contributed by atoms with van der Waals surface area (Å²) < 4.78 is 4.04. The van der Waals surface area contributed by atoms with E-state index in [2.05, 4.69) is 60.2 Å².